The Morgan fingerprint density at radius 1 is 1.07 bits per heavy atom. The third-order valence-corrected chi connectivity index (χ3v) is 7.39. The molecule has 0 spiro atoms. The summed E-state index contributed by atoms with van der Waals surface area (Å²) in [5.41, 5.74) is 4.21. The number of halogens is 3. The van der Waals surface area contributed by atoms with E-state index in [9.17, 15) is 9.90 Å². The molecule has 6 nitrogen and oxygen atoms in total. The highest BCUT2D eigenvalue weighted by atomic mass is 35.5. The Bertz CT molecular complexity index is 1610. The van der Waals surface area contributed by atoms with Crippen molar-refractivity contribution in [1.29, 1.82) is 0 Å². The number of carbonyl (C=O) groups is 1. The molecule has 5 rings (SSSR count). The van der Waals surface area contributed by atoms with E-state index in [1.54, 1.807) is 48.5 Å². The van der Waals surface area contributed by atoms with Crippen LogP contribution in [0, 0.1) is 11.8 Å². The van der Waals surface area contributed by atoms with Crippen LogP contribution in [0.5, 0.6) is 5.75 Å². The lowest BCUT2D eigenvalue weighted by Gasteiger charge is -2.10. The minimum absolute atomic E-state index is 0.186. The number of carboxylic acid groups (broad SMARTS) is 1. The second-order valence-corrected chi connectivity index (χ2v) is 10.7. The molecule has 3 aromatic carbocycles. The van der Waals surface area contributed by atoms with Crippen molar-refractivity contribution in [3.05, 3.63) is 103 Å². The van der Waals surface area contributed by atoms with Crippen molar-refractivity contribution in [2.24, 2.45) is 0 Å². The van der Waals surface area contributed by atoms with Gasteiger partial charge in [0.05, 0.1) is 26.2 Å². The SMILES string of the molecule is CCNCc1cc(C#Cc2ccc(OCc3c(-c4c(Cl)cccc4Cl)noc3C3CC3)cc2Cl)cc(C(=O)O)c1. The van der Waals surface area contributed by atoms with E-state index in [0.29, 0.717) is 55.7 Å². The van der Waals surface area contributed by atoms with Crippen molar-refractivity contribution in [3.8, 4) is 28.8 Å². The zero-order valence-corrected chi connectivity index (χ0v) is 23.8. The largest absolute Gasteiger partial charge is 0.489 e. The molecular weight excluding hydrogens is 571 g/mol. The summed E-state index contributed by atoms with van der Waals surface area (Å²) >= 11 is 19.5. The van der Waals surface area contributed by atoms with Crippen molar-refractivity contribution in [2.75, 3.05) is 6.54 Å². The summed E-state index contributed by atoms with van der Waals surface area (Å²) in [6.45, 7) is 3.52. The van der Waals surface area contributed by atoms with Crippen molar-refractivity contribution in [2.45, 2.75) is 38.8 Å². The Hall–Kier alpha value is -3.47. The van der Waals surface area contributed by atoms with Gasteiger partial charge in [0.15, 0.2) is 0 Å². The predicted molar refractivity (Wildman–Crippen MR) is 156 cm³/mol. The zero-order valence-electron chi connectivity index (χ0n) is 21.6. The fourth-order valence-corrected chi connectivity index (χ4v) is 5.08. The molecule has 0 unspecified atom stereocenters. The van der Waals surface area contributed by atoms with Gasteiger partial charge in [-0.1, -0.05) is 64.8 Å². The van der Waals surface area contributed by atoms with Gasteiger partial charge in [-0.05, 0) is 67.4 Å². The van der Waals surface area contributed by atoms with Gasteiger partial charge in [0, 0.05) is 35.2 Å². The molecule has 1 heterocycles. The van der Waals surface area contributed by atoms with Gasteiger partial charge >= 0.3 is 5.97 Å². The van der Waals surface area contributed by atoms with E-state index in [2.05, 4.69) is 22.3 Å². The van der Waals surface area contributed by atoms with Crippen LogP contribution in [0.4, 0.5) is 0 Å². The quantitative estimate of drug-likeness (QED) is 0.191. The number of rotatable bonds is 9. The van der Waals surface area contributed by atoms with Gasteiger partial charge < -0.3 is 19.7 Å². The van der Waals surface area contributed by atoms with Gasteiger partial charge in [-0.25, -0.2) is 4.79 Å². The van der Waals surface area contributed by atoms with Crippen LogP contribution in [0.25, 0.3) is 11.3 Å². The molecule has 1 saturated carbocycles. The highest BCUT2D eigenvalue weighted by Gasteiger charge is 2.33. The molecule has 4 aromatic rings. The lowest BCUT2D eigenvalue weighted by atomic mass is 10.0. The summed E-state index contributed by atoms with van der Waals surface area (Å²) in [4.78, 5) is 11.6. The zero-order chi connectivity index (χ0) is 28.2. The maximum Gasteiger partial charge on any atom is 0.335 e. The molecule has 0 bridgehead atoms. The molecule has 0 amide bonds. The van der Waals surface area contributed by atoms with Crippen molar-refractivity contribution in [3.63, 3.8) is 0 Å². The monoisotopic (exact) mass is 594 g/mol. The fourth-order valence-electron chi connectivity index (χ4n) is 4.29. The molecule has 1 aromatic heterocycles. The molecule has 0 radical (unpaired) electrons. The Balaban J connectivity index is 1.36. The third kappa shape index (κ3) is 6.46. The highest BCUT2D eigenvalue weighted by molar-refractivity contribution is 6.39. The summed E-state index contributed by atoms with van der Waals surface area (Å²) in [6.07, 6.45) is 2.06. The van der Waals surface area contributed by atoms with Crippen molar-refractivity contribution >= 4 is 40.8 Å². The number of nitrogens with one attached hydrogen (secondary N) is 1. The lowest BCUT2D eigenvalue weighted by molar-refractivity contribution is 0.0696. The Morgan fingerprint density at radius 2 is 1.85 bits per heavy atom. The van der Waals surface area contributed by atoms with Crippen LogP contribution in [0.2, 0.25) is 15.1 Å². The van der Waals surface area contributed by atoms with E-state index in [-0.39, 0.29) is 12.2 Å². The molecule has 0 atom stereocenters. The number of hydrogen-bond acceptors (Lipinski definition) is 5. The van der Waals surface area contributed by atoms with Gasteiger partial charge in [0.25, 0.3) is 0 Å². The molecule has 204 valence electrons. The average Bonchev–Trinajstić information content (AvgIpc) is 3.70. The van der Waals surface area contributed by atoms with Crippen LogP contribution < -0.4 is 10.1 Å². The summed E-state index contributed by atoms with van der Waals surface area (Å²) in [5.74, 6) is 6.73. The first-order valence-corrected chi connectivity index (χ1v) is 13.9. The number of carboxylic acids is 1. The van der Waals surface area contributed by atoms with Crippen LogP contribution >= 0.6 is 34.8 Å². The highest BCUT2D eigenvalue weighted by Crippen LogP contribution is 2.46. The topological polar surface area (TPSA) is 84.6 Å². The molecule has 1 fully saturated rings. The Kier molecular flexibility index (Phi) is 8.68. The standard InChI is InChI=1S/C31H25Cl3N2O4/c1-2-35-16-19-12-18(13-22(14-19)31(37)38)6-7-20-10-11-23(15-27(20)34)39-17-24-29(36-40-30(24)21-8-9-21)28-25(32)4-3-5-26(28)33/h3-5,10-15,21,35H,2,8-9,16-17H2,1H3,(H,37,38). The Morgan fingerprint density at radius 3 is 2.52 bits per heavy atom. The first kappa shape index (κ1) is 28.1. The predicted octanol–water partition coefficient (Wildman–Crippen LogP) is 7.97. The van der Waals surface area contributed by atoms with Crippen LogP contribution in [-0.4, -0.2) is 22.8 Å². The number of hydrogen-bond donors (Lipinski definition) is 2. The van der Waals surface area contributed by atoms with Crippen LogP contribution in [0.1, 0.15) is 64.1 Å². The average molecular weight is 596 g/mol. The van der Waals surface area contributed by atoms with Crippen molar-refractivity contribution < 1.29 is 19.2 Å². The smallest absolute Gasteiger partial charge is 0.335 e. The minimum atomic E-state index is -1.00. The third-order valence-electron chi connectivity index (χ3n) is 6.45. The Labute approximate surface area is 247 Å². The maximum atomic E-state index is 11.6. The second-order valence-electron chi connectivity index (χ2n) is 9.43. The van der Waals surface area contributed by atoms with Gasteiger partial charge in [0.1, 0.15) is 23.8 Å². The summed E-state index contributed by atoms with van der Waals surface area (Å²) in [7, 11) is 0. The van der Waals surface area contributed by atoms with E-state index in [1.165, 1.54) is 0 Å². The van der Waals surface area contributed by atoms with Gasteiger partial charge in [-0.2, -0.15) is 0 Å². The molecule has 9 heteroatoms. The molecule has 40 heavy (non-hydrogen) atoms. The summed E-state index contributed by atoms with van der Waals surface area (Å²) < 4.78 is 11.8. The first-order valence-electron chi connectivity index (χ1n) is 12.8. The number of nitrogens with zero attached hydrogens (tertiary/aromatic N) is 1. The molecule has 2 N–H and O–H groups in total. The van der Waals surface area contributed by atoms with E-state index in [0.717, 1.165) is 36.3 Å². The number of ether oxygens (including phenoxy) is 1. The van der Waals surface area contributed by atoms with Crippen LogP contribution in [-0.2, 0) is 13.2 Å². The van der Waals surface area contributed by atoms with E-state index in [4.69, 9.17) is 44.1 Å². The number of benzene rings is 3. The molecule has 1 aliphatic carbocycles. The van der Waals surface area contributed by atoms with E-state index < -0.39 is 5.97 Å². The molecule has 0 aliphatic heterocycles. The van der Waals surface area contributed by atoms with Gasteiger partial charge in [-0.15, -0.1) is 0 Å². The van der Waals surface area contributed by atoms with Gasteiger partial charge in [-0.3, -0.25) is 0 Å². The van der Waals surface area contributed by atoms with Crippen molar-refractivity contribution in [1.82, 2.24) is 10.5 Å². The molecular formula is C31H25Cl3N2O4. The fraction of sp³-hybridized carbons (Fsp3) is 0.226. The number of aromatic carboxylic acids is 1. The van der Waals surface area contributed by atoms with E-state index in [1.807, 2.05) is 13.0 Å². The first-order chi connectivity index (χ1) is 19.3. The minimum Gasteiger partial charge on any atom is -0.489 e. The van der Waals surface area contributed by atoms with Crippen LogP contribution in [0.15, 0.2) is 59.1 Å². The van der Waals surface area contributed by atoms with Crippen LogP contribution in [0.3, 0.4) is 0 Å². The maximum absolute atomic E-state index is 11.6. The second kappa shape index (κ2) is 12.4. The number of aromatic nitrogens is 1. The normalized spacial score (nSPS) is 12.6. The lowest BCUT2D eigenvalue weighted by Crippen LogP contribution is -2.12. The summed E-state index contributed by atoms with van der Waals surface area (Å²) in [5, 5.41) is 18.3. The molecule has 1 aliphatic rings. The molecule has 0 saturated heterocycles. The van der Waals surface area contributed by atoms with Gasteiger partial charge in [0.2, 0.25) is 0 Å². The summed E-state index contributed by atoms with van der Waals surface area (Å²) in [6, 6.07) is 15.6. The van der Waals surface area contributed by atoms with E-state index >= 15 is 0 Å².